The minimum Gasteiger partial charge on any atom is -0.413 e. The highest BCUT2D eigenvalue weighted by Gasteiger charge is 2.41. The van der Waals surface area contributed by atoms with Crippen LogP contribution in [0.25, 0.3) is 5.78 Å². The number of hydrogen-bond donors (Lipinski definition) is 1. The van der Waals surface area contributed by atoms with Gasteiger partial charge in [0.25, 0.3) is 0 Å². The van der Waals surface area contributed by atoms with E-state index in [4.69, 9.17) is 9.41 Å². The fourth-order valence-electron chi connectivity index (χ4n) is 3.33. The van der Waals surface area contributed by atoms with E-state index in [1.807, 2.05) is 6.20 Å². The second kappa shape index (κ2) is 5.89. The van der Waals surface area contributed by atoms with Crippen LogP contribution in [0, 0.1) is 0 Å². The summed E-state index contributed by atoms with van der Waals surface area (Å²) in [6, 6.07) is 0.265. The first-order valence-corrected chi connectivity index (χ1v) is 12.4. The predicted molar refractivity (Wildman–Crippen MR) is 102 cm³/mol. The molecule has 0 spiro atoms. The van der Waals surface area contributed by atoms with Crippen LogP contribution < -0.4 is 5.32 Å². The highest BCUT2D eigenvalue weighted by atomic mass is 28.4. The van der Waals surface area contributed by atoms with E-state index in [1.54, 1.807) is 0 Å². The molecule has 1 saturated carbocycles. The first-order valence-electron chi connectivity index (χ1n) is 9.49. The van der Waals surface area contributed by atoms with E-state index in [1.165, 1.54) is 18.4 Å². The Morgan fingerprint density at radius 2 is 2.00 bits per heavy atom. The van der Waals surface area contributed by atoms with Gasteiger partial charge in [-0.1, -0.05) is 20.8 Å². The van der Waals surface area contributed by atoms with Gasteiger partial charge >= 0.3 is 0 Å². The highest BCUT2D eigenvalue weighted by Crippen LogP contribution is 2.40. The standard InChI is InChI=1S/C19H30N4OSi/c1-19(2,3)25(4,5)24-15-8-16(20-10-15)17-12-23-11-14(13-6-7-13)9-21-18(23)22-17/h9,11-13,15-16,20H,6-8,10H2,1-5H3/t15-,16+/m0/s1. The lowest BCUT2D eigenvalue weighted by Crippen LogP contribution is -2.44. The number of rotatable bonds is 4. The highest BCUT2D eigenvalue weighted by molar-refractivity contribution is 6.74. The van der Waals surface area contributed by atoms with Crippen LogP contribution in [-0.2, 0) is 4.43 Å². The molecule has 5 nitrogen and oxygen atoms in total. The van der Waals surface area contributed by atoms with Gasteiger partial charge in [-0.25, -0.2) is 9.97 Å². The maximum atomic E-state index is 6.57. The minimum atomic E-state index is -1.72. The summed E-state index contributed by atoms with van der Waals surface area (Å²) in [5, 5.41) is 3.85. The molecule has 1 N–H and O–H groups in total. The van der Waals surface area contributed by atoms with Crippen molar-refractivity contribution in [3.63, 3.8) is 0 Å². The molecule has 136 valence electrons. The molecule has 0 radical (unpaired) electrons. The van der Waals surface area contributed by atoms with Gasteiger partial charge < -0.3 is 9.74 Å². The van der Waals surface area contributed by atoms with Crippen molar-refractivity contribution in [1.29, 1.82) is 0 Å². The number of fused-ring (bicyclic) bond motifs is 1. The second-order valence-electron chi connectivity index (χ2n) is 9.23. The average Bonchev–Trinajstić information content (AvgIpc) is 3.12. The average molecular weight is 359 g/mol. The molecule has 0 aromatic carbocycles. The lowest BCUT2D eigenvalue weighted by molar-refractivity contribution is 0.197. The monoisotopic (exact) mass is 358 g/mol. The Labute approximate surface area is 151 Å². The number of nitrogens with zero attached hydrogens (tertiary/aromatic N) is 3. The van der Waals surface area contributed by atoms with Crippen LogP contribution in [0.5, 0.6) is 0 Å². The summed E-state index contributed by atoms with van der Waals surface area (Å²) in [6.45, 7) is 12.5. The molecule has 0 amide bonds. The molecule has 4 rings (SSSR count). The smallest absolute Gasteiger partial charge is 0.233 e. The molecule has 2 aliphatic rings. The van der Waals surface area contributed by atoms with Gasteiger partial charge in [0.2, 0.25) is 5.78 Å². The van der Waals surface area contributed by atoms with Crippen LogP contribution in [0.1, 0.15) is 63.3 Å². The first kappa shape index (κ1) is 17.2. The van der Waals surface area contributed by atoms with Gasteiger partial charge in [-0.3, -0.25) is 4.40 Å². The fourth-order valence-corrected chi connectivity index (χ4v) is 4.69. The Kier molecular flexibility index (Phi) is 4.05. The van der Waals surface area contributed by atoms with Crippen molar-refractivity contribution >= 4 is 14.1 Å². The minimum absolute atomic E-state index is 0.247. The molecule has 6 heteroatoms. The van der Waals surface area contributed by atoms with Crippen molar-refractivity contribution in [2.75, 3.05) is 6.54 Å². The third kappa shape index (κ3) is 3.39. The van der Waals surface area contributed by atoms with Gasteiger partial charge in [-0.15, -0.1) is 0 Å². The zero-order valence-corrected chi connectivity index (χ0v) is 17.0. The summed E-state index contributed by atoms with van der Waals surface area (Å²) in [7, 11) is -1.72. The maximum Gasteiger partial charge on any atom is 0.233 e. The lowest BCUT2D eigenvalue weighted by Gasteiger charge is -2.38. The lowest BCUT2D eigenvalue weighted by atomic mass is 10.1. The first-order chi connectivity index (χ1) is 11.7. The van der Waals surface area contributed by atoms with Gasteiger partial charge in [0.15, 0.2) is 8.32 Å². The molecule has 2 fully saturated rings. The van der Waals surface area contributed by atoms with Crippen LogP contribution in [0.15, 0.2) is 18.6 Å². The van der Waals surface area contributed by atoms with Gasteiger partial charge in [-0.05, 0) is 48.9 Å². The van der Waals surface area contributed by atoms with E-state index in [2.05, 4.69) is 61.0 Å². The number of aromatic nitrogens is 3. The zero-order valence-electron chi connectivity index (χ0n) is 16.0. The normalized spacial score (nSPS) is 25.0. The van der Waals surface area contributed by atoms with Crippen molar-refractivity contribution < 1.29 is 4.43 Å². The molecule has 1 aliphatic carbocycles. The summed E-state index contributed by atoms with van der Waals surface area (Å²) < 4.78 is 8.66. The number of hydrogen-bond acceptors (Lipinski definition) is 4. The third-order valence-corrected chi connectivity index (χ3v) is 10.6. The summed E-state index contributed by atoms with van der Waals surface area (Å²) in [4.78, 5) is 9.29. The van der Waals surface area contributed by atoms with Gasteiger partial charge in [0.05, 0.1) is 17.8 Å². The van der Waals surface area contributed by atoms with Crippen LogP contribution in [-0.4, -0.2) is 35.3 Å². The van der Waals surface area contributed by atoms with E-state index in [-0.39, 0.29) is 17.2 Å². The SMILES string of the molecule is CC(C)(C)[Si](C)(C)O[C@@H]1CN[C@@H](c2cn3cc(C4CC4)cnc3n2)C1. The maximum absolute atomic E-state index is 6.57. The molecule has 3 heterocycles. The summed E-state index contributed by atoms with van der Waals surface area (Å²) >= 11 is 0. The summed E-state index contributed by atoms with van der Waals surface area (Å²) in [6.07, 6.45) is 10.2. The Balaban J connectivity index is 1.47. The van der Waals surface area contributed by atoms with Crippen LogP contribution in [0.2, 0.25) is 18.1 Å². The molecule has 2 atom stereocenters. The topological polar surface area (TPSA) is 51.5 Å². The number of nitrogens with one attached hydrogen (secondary N) is 1. The van der Waals surface area contributed by atoms with Crippen LogP contribution >= 0.6 is 0 Å². The zero-order chi connectivity index (χ0) is 17.8. The largest absolute Gasteiger partial charge is 0.413 e. The van der Waals surface area contributed by atoms with Gasteiger partial charge in [0, 0.05) is 25.1 Å². The molecule has 25 heavy (non-hydrogen) atoms. The Bertz CT molecular complexity index is 775. The number of imidazole rings is 1. The molecular formula is C19H30N4OSi. The van der Waals surface area contributed by atoms with E-state index in [0.717, 1.165) is 30.4 Å². The van der Waals surface area contributed by atoms with E-state index < -0.39 is 8.32 Å². The third-order valence-electron chi connectivity index (χ3n) is 6.11. The van der Waals surface area contributed by atoms with Crippen LogP contribution in [0.3, 0.4) is 0 Å². The fraction of sp³-hybridized carbons (Fsp3) is 0.684. The molecule has 2 aromatic rings. The summed E-state index contributed by atoms with van der Waals surface area (Å²) in [5.41, 5.74) is 2.43. The molecule has 1 saturated heterocycles. The molecular weight excluding hydrogens is 328 g/mol. The van der Waals surface area contributed by atoms with Gasteiger partial charge in [0.1, 0.15) is 0 Å². The summed E-state index contributed by atoms with van der Waals surface area (Å²) in [5.74, 6) is 1.52. The van der Waals surface area contributed by atoms with E-state index in [0.29, 0.717) is 0 Å². The van der Waals surface area contributed by atoms with Gasteiger partial charge in [-0.2, -0.15) is 0 Å². The Hall–Kier alpha value is -1.24. The van der Waals surface area contributed by atoms with Crippen molar-refractivity contribution in [3.05, 3.63) is 29.8 Å². The molecule has 1 aliphatic heterocycles. The molecule has 0 bridgehead atoms. The van der Waals surface area contributed by atoms with Crippen molar-refractivity contribution in [2.45, 2.75) is 76.2 Å². The Morgan fingerprint density at radius 1 is 1.24 bits per heavy atom. The van der Waals surface area contributed by atoms with Crippen molar-refractivity contribution in [2.24, 2.45) is 0 Å². The van der Waals surface area contributed by atoms with Crippen molar-refractivity contribution in [3.8, 4) is 0 Å². The Morgan fingerprint density at radius 3 is 2.68 bits per heavy atom. The molecule has 0 unspecified atom stereocenters. The van der Waals surface area contributed by atoms with Crippen molar-refractivity contribution in [1.82, 2.24) is 19.7 Å². The van der Waals surface area contributed by atoms with Crippen LogP contribution in [0.4, 0.5) is 0 Å². The predicted octanol–water partition coefficient (Wildman–Crippen LogP) is 4.03. The van der Waals surface area contributed by atoms with E-state index >= 15 is 0 Å². The quantitative estimate of drug-likeness (QED) is 0.838. The molecule has 2 aromatic heterocycles. The van der Waals surface area contributed by atoms with E-state index in [9.17, 15) is 0 Å². The second-order valence-corrected chi connectivity index (χ2v) is 14.0.